The van der Waals surface area contributed by atoms with Crippen LogP contribution in [0.25, 0.3) is 11.1 Å². The summed E-state index contributed by atoms with van der Waals surface area (Å²) in [5, 5.41) is 0.664. The number of ether oxygens (including phenoxy) is 2. The molecule has 0 aromatic heterocycles. The van der Waals surface area contributed by atoms with E-state index in [2.05, 4.69) is 24.8 Å². The average Bonchev–Trinajstić information content (AvgIpc) is 2.49. The number of fused-ring (bicyclic) bond motifs is 1. The van der Waals surface area contributed by atoms with Crippen molar-refractivity contribution in [2.75, 3.05) is 20.3 Å². The second-order valence-corrected chi connectivity index (χ2v) is 4.73. The molecule has 2 N–H and O–H groups in total. The Morgan fingerprint density at radius 3 is 2.45 bits per heavy atom. The Morgan fingerprint density at radius 1 is 1.00 bits per heavy atom. The second-order valence-electron chi connectivity index (χ2n) is 4.29. The molecule has 1 aliphatic rings. The van der Waals surface area contributed by atoms with Gasteiger partial charge in [0, 0.05) is 16.7 Å². The van der Waals surface area contributed by atoms with Crippen molar-refractivity contribution in [1.29, 1.82) is 0 Å². The molecule has 0 atom stereocenters. The highest BCUT2D eigenvalue weighted by atomic mass is 35.5. The number of halogens is 1. The molecule has 0 unspecified atom stereocenters. The van der Waals surface area contributed by atoms with Gasteiger partial charge in [0.05, 0.1) is 0 Å². The van der Waals surface area contributed by atoms with Crippen LogP contribution in [0.3, 0.4) is 0 Å². The highest BCUT2D eigenvalue weighted by Gasteiger charge is 2.19. The molecule has 2 aromatic carbocycles. The molecule has 0 spiro atoms. The van der Waals surface area contributed by atoms with Gasteiger partial charge in [-0.15, -0.1) is 0 Å². The first-order valence-electron chi connectivity index (χ1n) is 6.48. The van der Waals surface area contributed by atoms with Gasteiger partial charge in [0.25, 0.3) is 0 Å². The van der Waals surface area contributed by atoms with Crippen molar-refractivity contribution in [2.24, 2.45) is 5.73 Å². The van der Waals surface area contributed by atoms with Gasteiger partial charge >= 0.3 is 0 Å². The van der Waals surface area contributed by atoms with Gasteiger partial charge in [0.1, 0.15) is 13.2 Å². The maximum atomic E-state index is 6.15. The largest absolute Gasteiger partial charge is 0.486 e. The summed E-state index contributed by atoms with van der Waals surface area (Å²) in [4.78, 5) is 0. The average molecular weight is 292 g/mol. The minimum absolute atomic E-state index is 0.570. The molecule has 0 aliphatic carbocycles. The molecule has 1 aliphatic heterocycles. The van der Waals surface area contributed by atoms with E-state index in [0.717, 1.165) is 22.6 Å². The van der Waals surface area contributed by atoms with E-state index in [4.69, 9.17) is 21.1 Å². The third-order valence-corrected chi connectivity index (χ3v) is 3.26. The van der Waals surface area contributed by atoms with E-state index in [9.17, 15) is 0 Å². The van der Waals surface area contributed by atoms with Crippen LogP contribution in [-0.4, -0.2) is 20.3 Å². The Morgan fingerprint density at radius 2 is 1.70 bits per heavy atom. The van der Waals surface area contributed by atoms with Gasteiger partial charge in [-0.25, -0.2) is 0 Å². The monoisotopic (exact) mass is 291 g/mol. The van der Waals surface area contributed by atoms with Crippen LogP contribution < -0.4 is 15.2 Å². The third kappa shape index (κ3) is 2.89. The molecule has 2 aromatic rings. The van der Waals surface area contributed by atoms with Gasteiger partial charge in [-0.05, 0) is 31.2 Å². The van der Waals surface area contributed by atoms with Crippen LogP contribution in [0.4, 0.5) is 0 Å². The van der Waals surface area contributed by atoms with Crippen molar-refractivity contribution in [3.05, 3.63) is 47.0 Å². The molecule has 0 fully saturated rings. The minimum Gasteiger partial charge on any atom is -0.486 e. The van der Waals surface area contributed by atoms with Crippen molar-refractivity contribution in [3.63, 3.8) is 0 Å². The van der Waals surface area contributed by atoms with Crippen molar-refractivity contribution in [1.82, 2.24) is 0 Å². The fourth-order valence-electron chi connectivity index (χ4n) is 2.20. The van der Waals surface area contributed by atoms with Gasteiger partial charge in [-0.1, -0.05) is 35.9 Å². The summed E-state index contributed by atoms with van der Waals surface area (Å²) >= 11 is 6.15. The van der Waals surface area contributed by atoms with E-state index in [0.29, 0.717) is 18.2 Å². The highest BCUT2D eigenvalue weighted by Crippen LogP contribution is 2.43. The van der Waals surface area contributed by atoms with E-state index in [-0.39, 0.29) is 0 Å². The lowest BCUT2D eigenvalue weighted by molar-refractivity contribution is 0.172. The highest BCUT2D eigenvalue weighted by molar-refractivity contribution is 6.31. The lowest BCUT2D eigenvalue weighted by Crippen LogP contribution is -2.16. The van der Waals surface area contributed by atoms with Crippen LogP contribution in [-0.2, 0) is 0 Å². The van der Waals surface area contributed by atoms with Gasteiger partial charge in [0.15, 0.2) is 11.5 Å². The first kappa shape index (κ1) is 14.7. The van der Waals surface area contributed by atoms with Crippen molar-refractivity contribution >= 4 is 11.6 Å². The van der Waals surface area contributed by atoms with Crippen LogP contribution in [0.2, 0.25) is 5.02 Å². The molecular formula is C16H18ClNO2. The lowest BCUT2D eigenvalue weighted by Gasteiger charge is -2.22. The third-order valence-electron chi connectivity index (χ3n) is 3.04. The molecule has 0 amide bonds. The molecule has 0 saturated carbocycles. The van der Waals surface area contributed by atoms with E-state index in [1.807, 2.05) is 18.2 Å². The van der Waals surface area contributed by atoms with Gasteiger partial charge < -0.3 is 15.2 Å². The normalized spacial score (nSPS) is 12.4. The Bertz CT molecular complexity index is 599. The summed E-state index contributed by atoms with van der Waals surface area (Å²) in [6.07, 6.45) is 0. The number of benzene rings is 2. The Hall–Kier alpha value is -1.71. The second kappa shape index (κ2) is 6.64. The van der Waals surface area contributed by atoms with Gasteiger partial charge in [-0.3, -0.25) is 0 Å². The zero-order chi connectivity index (χ0) is 14.5. The standard InChI is InChI=1S/C15H13ClO2.CH5N/c1-10-4-2-3-5-12(10)13-8-11(16)9-14-15(13)18-7-6-17-14;1-2/h2-5,8-9H,6-7H2,1H3;2H2,1H3. The first-order valence-corrected chi connectivity index (χ1v) is 6.86. The predicted molar refractivity (Wildman–Crippen MR) is 82.7 cm³/mol. The maximum Gasteiger partial charge on any atom is 0.169 e. The summed E-state index contributed by atoms with van der Waals surface area (Å²) in [6.45, 7) is 3.22. The molecule has 4 heteroatoms. The molecule has 0 bridgehead atoms. The molecule has 3 nitrogen and oxygen atoms in total. The molecule has 20 heavy (non-hydrogen) atoms. The number of rotatable bonds is 1. The summed E-state index contributed by atoms with van der Waals surface area (Å²) in [6, 6.07) is 11.9. The van der Waals surface area contributed by atoms with Gasteiger partial charge in [0.2, 0.25) is 0 Å². The Kier molecular flexibility index (Phi) is 4.88. The van der Waals surface area contributed by atoms with E-state index in [1.54, 1.807) is 6.07 Å². The fourth-order valence-corrected chi connectivity index (χ4v) is 2.40. The van der Waals surface area contributed by atoms with Gasteiger partial charge in [-0.2, -0.15) is 0 Å². The first-order chi connectivity index (χ1) is 9.75. The molecular weight excluding hydrogens is 274 g/mol. The van der Waals surface area contributed by atoms with Crippen molar-refractivity contribution in [2.45, 2.75) is 6.92 Å². The number of aryl methyl sites for hydroxylation is 1. The molecule has 3 rings (SSSR count). The summed E-state index contributed by atoms with van der Waals surface area (Å²) < 4.78 is 11.3. The molecule has 0 saturated heterocycles. The van der Waals surface area contributed by atoms with Crippen LogP contribution in [0.5, 0.6) is 11.5 Å². The summed E-state index contributed by atoms with van der Waals surface area (Å²) in [5.74, 6) is 1.52. The van der Waals surface area contributed by atoms with Crippen molar-refractivity contribution < 1.29 is 9.47 Å². The zero-order valence-corrected chi connectivity index (χ0v) is 12.4. The summed E-state index contributed by atoms with van der Waals surface area (Å²) in [5.41, 5.74) is 7.81. The van der Waals surface area contributed by atoms with E-state index < -0.39 is 0 Å². The van der Waals surface area contributed by atoms with E-state index in [1.165, 1.54) is 12.6 Å². The number of hydrogen-bond donors (Lipinski definition) is 1. The SMILES string of the molecule is CN.Cc1ccccc1-c1cc(Cl)cc2c1OCCO2. The van der Waals surface area contributed by atoms with E-state index >= 15 is 0 Å². The van der Waals surface area contributed by atoms with Crippen LogP contribution in [0, 0.1) is 6.92 Å². The Labute approximate surface area is 124 Å². The fraction of sp³-hybridized carbons (Fsp3) is 0.250. The van der Waals surface area contributed by atoms with Crippen LogP contribution >= 0.6 is 11.6 Å². The minimum atomic E-state index is 0.570. The molecule has 1 heterocycles. The topological polar surface area (TPSA) is 44.5 Å². The lowest BCUT2D eigenvalue weighted by atomic mass is 9.99. The predicted octanol–water partition coefficient (Wildman–Crippen LogP) is 3.66. The zero-order valence-electron chi connectivity index (χ0n) is 11.7. The van der Waals surface area contributed by atoms with Crippen LogP contribution in [0.15, 0.2) is 36.4 Å². The number of nitrogens with two attached hydrogens (primary N) is 1. The van der Waals surface area contributed by atoms with Crippen LogP contribution in [0.1, 0.15) is 5.56 Å². The summed E-state index contributed by atoms with van der Waals surface area (Å²) in [7, 11) is 1.50. The number of hydrogen-bond acceptors (Lipinski definition) is 3. The smallest absolute Gasteiger partial charge is 0.169 e. The molecule has 106 valence electrons. The maximum absolute atomic E-state index is 6.15. The Balaban J connectivity index is 0.000000704. The molecule has 0 radical (unpaired) electrons. The van der Waals surface area contributed by atoms with Crippen molar-refractivity contribution in [3.8, 4) is 22.6 Å². The quantitative estimate of drug-likeness (QED) is 0.872.